The van der Waals surface area contributed by atoms with Crippen molar-refractivity contribution in [2.24, 2.45) is 0 Å². The highest BCUT2D eigenvalue weighted by Crippen LogP contribution is 2.30. The Bertz CT molecular complexity index is 1020. The molecule has 0 aliphatic carbocycles. The van der Waals surface area contributed by atoms with E-state index in [1.54, 1.807) is 12.1 Å². The fraction of sp³-hybridized carbons (Fsp3) is 0. The van der Waals surface area contributed by atoms with Gasteiger partial charge >= 0.3 is 8.03 Å². The molecule has 0 bridgehead atoms. The Morgan fingerprint density at radius 1 is 0.714 bits per heavy atom. The molecule has 0 spiro atoms. The smallest absolute Gasteiger partial charge is 0.349 e. The summed E-state index contributed by atoms with van der Waals surface area (Å²) >= 11 is 0. The monoisotopic (exact) mass is 290 g/mol. The highest BCUT2D eigenvalue weighted by Gasteiger charge is 2.15. The predicted octanol–water partition coefficient (Wildman–Crippen LogP) is 3.87. The Balaban J connectivity index is 2.26. The van der Waals surface area contributed by atoms with Crippen LogP contribution in [0.4, 0.5) is 0 Å². The van der Waals surface area contributed by atoms with Crippen LogP contribution in [0.5, 0.6) is 0 Å². The second-order valence-corrected chi connectivity index (χ2v) is 6.11. The van der Waals surface area contributed by atoms with Gasteiger partial charge in [-0.1, -0.05) is 53.1 Å². The molecule has 0 aliphatic heterocycles. The average Bonchev–Trinajstić information content (AvgIpc) is 2.52. The number of hydrogen-bond donors (Lipinski definition) is 0. The summed E-state index contributed by atoms with van der Waals surface area (Å²) in [4.78, 5) is 11.6. The fourth-order valence-corrected chi connectivity index (χ4v) is 3.57. The summed E-state index contributed by atoms with van der Waals surface area (Å²) in [6.45, 7) is 0. The molecule has 0 aliphatic rings. The van der Waals surface area contributed by atoms with Gasteiger partial charge in [0.15, 0.2) is 5.30 Å². The largest absolute Gasteiger partial charge is 0.591 e. The van der Waals surface area contributed by atoms with Gasteiger partial charge in [-0.25, -0.2) is 0 Å². The van der Waals surface area contributed by atoms with E-state index in [2.05, 4.69) is 18.2 Å². The lowest BCUT2D eigenvalue weighted by atomic mass is 9.98. The lowest BCUT2D eigenvalue weighted by Crippen LogP contribution is -2.05. The molecular weight excluding hydrogens is 279 g/mol. The molecule has 0 aromatic heterocycles. The molecule has 0 fully saturated rings. The molecule has 0 saturated carbocycles. The first-order chi connectivity index (χ1) is 10.2. The molecular formula is C18H11O2P. The van der Waals surface area contributed by atoms with Crippen LogP contribution < -0.4 is 10.2 Å². The van der Waals surface area contributed by atoms with Crippen LogP contribution in [0, 0.1) is 0 Å². The third-order valence-corrected chi connectivity index (χ3v) is 4.67. The minimum absolute atomic E-state index is 0.392. The van der Waals surface area contributed by atoms with Gasteiger partial charge < -0.3 is 4.89 Å². The van der Waals surface area contributed by atoms with Crippen LogP contribution in [-0.2, 0) is 4.57 Å². The summed E-state index contributed by atoms with van der Waals surface area (Å²) in [7, 11) is -2.61. The molecule has 0 saturated heterocycles. The van der Waals surface area contributed by atoms with Crippen molar-refractivity contribution in [1.82, 2.24) is 0 Å². The van der Waals surface area contributed by atoms with Gasteiger partial charge in [0, 0.05) is 5.39 Å². The van der Waals surface area contributed by atoms with E-state index in [0.717, 1.165) is 32.3 Å². The first-order valence-corrected chi connectivity index (χ1v) is 7.90. The predicted molar refractivity (Wildman–Crippen MR) is 86.2 cm³/mol. The van der Waals surface area contributed by atoms with Gasteiger partial charge in [-0.3, -0.25) is 0 Å². The molecule has 0 heterocycles. The Hall–Kier alpha value is -2.28. The summed E-state index contributed by atoms with van der Waals surface area (Å²) in [5.41, 5.74) is 0. The van der Waals surface area contributed by atoms with E-state index in [4.69, 9.17) is 0 Å². The van der Waals surface area contributed by atoms with Crippen molar-refractivity contribution >= 4 is 45.6 Å². The van der Waals surface area contributed by atoms with Crippen LogP contribution in [0.1, 0.15) is 0 Å². The highest BCUT2D eigenvalue weighted by atomic mass is 31.1. The average molecular weight is 290 g/mol. The summed E-state index contributed by atoms with van der Waals surface area (Å²) < 4.78 is 11.6. The van der Waals surface area contributed by atoms with Gasteiger partial charge in [-0.2, -0.15) is 0 Å². The zero-order chi connectivity index (χ0) is 14.4. The normalized spacial score (nSPS) is 12.1. The maximum atomic E-state index is 11.6. The van der Waals surface area contributed by atoms with E-state index in [1.165, 1.54) is 0 Å². The third kappa shape index (κ3) is 1.92. The molecule has 1 atom stereocenters. The Morgan fingerprint density at radius 2 is 1.38 bits per heavy atom. The summed E-state index contributed by atoms with van der Waals surface area (Å²) in [6.07, 6.45) is 0. The van der Waals surface area contributed by atoms with Gasteiger partial charge in [-0.05, 0) is 45.1 Å². The molecule has 1 unspecified atom stereocenters. The van der Waals surface area contributed by atoms with Crippen molar-refractivity contribution in [3.63, 3.8) is 0 Å². The van der Waals surface area contributed by atoms with Crippen LogP contribution in [0.2, 0.25) is 0 Å². The van der Waals surface area contributed by atoms with Gasteiger partial charge in [0.2, 0.25) is 0 Å². The highest BCUT2D eigenvalue weighted by molar-refractivity contribution is 7.46. The molecule has 0 radical (unpaired) electrons. The summed E-state index contributed by atoms with van der Waals surface area (Å²) in [5.74, 6) is 0. The van der Waals surface area contributed by atoms with E-state index < -0.39 is 8.03 Å². The van der Waals surface area contributed by atoms with Crippen molar-refractivity contribution in [3.8, 4) is 0 Å². The van der Waals surface area contributed by atoms with E-state index in [9.17, 15) is 9.46 Å². The van der Waals surface area contributed by atoms with E-state index >= 15 is 0 Å². The second kappa shape index (κ2) is 4.63. The third-order valence-electron chi connectivity index (χ3n) is 3.90. The Labute approximate surface area is 122 Å². The first-order valence-electron chi connectivity index (χ1n) is 6.73. The van der Waals surface area contributed by atoms with Gasteiger partial charge in [0.05, 0.1) is 0 Å². The molecule has 4 aromatic carbocycles. The number of benzene rings is 4. The standard InChI is InChI=1S/C18H11O2P/c19-21(20)17-7-3-6-12-8-9-15-10-13-4-1-2-5-14(13)11-16(15)18(12)17/h1-11H. The molecule has 2 nitrogen and oxygen atoms in total. The second-order valence-electron chi connectivity index (χ2n) is 5.12. The van der Waals surface area contributed by atoms with Crippen molar-refractivity contribution in [1.29, 1.82) is 0 Å². The molecule has 0 N–H and O–H groups in total. The molecule has 21 heavy (non-hydrogen) atoms. The number of hydrogen-bond acceptors (Lipinski definition) is 2. The maximum absolute atomic E-state index is 11.6. The van der Waals surface area contributed by atoms with Crippen molar-refractivity contribution in [2.45, 2.75) is 0 Å². The first kappa shape index (κ1) is 12.5. The van der Waals surface area contributed by atoms with Crippen LogP contribution in [0.25, 0.3) is 32.3 Å². The Morgan fingerprint density at radius 3 is 2.14 bits per heavy atom. The molecule has 4 rings (SSSR count). The van der Waals surface area contributed by atoms with E-state index in [0.29, 0.717) is 5.30 Å². The van der Waals surface area contributed by atoms with Crippen molar-refractivity contribution in [2.75, 3.05) is 0 Å². The van der Waals surface area contributed by atoms with Crippen LogP contribution in [-0.4, -0.2) is 0 Å². The SMILES string of the molecule is O=[P+]([O-])c1cccc2ccc3cc4ccccc4cc3c12. The lowest BCUT2D eigenvalue weighted by Gasteiger charge is -2.07. The molecule has 4 aromatic rings. The van der Waals surface area contributed by atoms with Crippen LogP contribution >= 0.6 is 8.03 Å². The number of fused-ring (bicyclic) bond motifs is 4. The topological polar surface area (TPSA) is 40.1 Å². The minimum atomic E-state index is -2.61. The van der Waals surface area contributed by atoms with Crippen molar-refractivity contribution in [3.05, 3.63) is 66.7 Å². The quantitative estimate of drug-likeness (QED) is 0.303. The molecule has 3 heteroatoms. The van der Waals surface area contributed by atoms with E-state index in [-0.39, 0.29) is 0 Å². The summed E-state index contributed by atoms with van der Waals surface area (Å²) in [6, 6.07) is 21.7. The molecule has 100 valence electrons. The summed E-state index contributed by atoms with van der Waals surface area (Å²) in [5, 5.41) is 6.49. The number of rotatable bonds is 1. The minimum Gasteiger partial charge on any atom is -0.591 e. The molecule has 0 amide bonds. The van der Waals surface area contributed by atoms with Crippen molar-refractivity contribution < 1.29 is 9.46 Å². The van der Waals surface area contributed by atoms with Gasteiger partial charge in [-0.15, -0.1) is 0 Å². The van der Waals surface area contributed by atoms with Crippen LogP contribution in [0.3, 0.4) is 0 Å². The lowest BCUT2D eigenvalue weighted by molar-refractivity contribution is -0.160. The zero-order valence-corrected chi connectivity index (χ0v) is 12.0. The van der Waals surface area contributed by atoms with Crippen LogP contribution in [0.15, 0.2) is 66.7 Å². The van der Waals surface area contributed by atoms with E-state index in [1.807, 2.05) is 36.4 Å². The fourth-order valence-electron chi connectivity index (χ4n) is 2.93. The maximum Gasteiger partial charge on any atom is 0.349 e. The Kier molecular flexibility index (Phi) is 2.75. The van der Waals surface area contributed by atoms with Gasteiger partial charge in [0.25, 0.3) is 0 Å². The zero-order valence-electron chi connectivity index (χ0n) is 11.1. The van der Waals surface area contributed by atoms with Gasteiger partial charge in [0.1, 0.15) is 0 Å².